The largest absolute Gasteiger partial charge is 0.306 e. The van der Waals surface area contributed by atoms with Crippen molar-refractivity contribution in [3.63, 3.8) is 0 Å². The lowest BCUT2D eigenvalue weighted by Gasteiger charge is -1.99. The van der Waals surface area contributed by atoms with Crippen molar-refractivity contribution in [2.75, 3.05) is 0 Å². The molecule has 1 N–H and O–H groups in total. The van der Waals surface area contributed by atoms with Crippen LogP contribution < -0.4 is 5.32 Å². The molecule has 2 heterocycles. The molecule has 0 radical (unpaired) electrons. The van der Waals surface area contributed by atoms with Gasteiger partial charge < -0.3 is 5.32 Å². The zero-order chi connectivity index (χ0) is 12.3. The Morgan fingerprint density at radius 2 is 2.12 bits per heavy atom. The van der Waals surface area contributed by atoms with Crippen LogP contribution in [0.15, 0.2) is 16.7 Å². The van der Waals surface area contributed by atoms with Gasteiger partial charge in [0.25, 0.3) is 0 Å². The average molecular weight is 331 g/mol. The normalized spacial score (nSPS) is 11.0. The van der Waals surface area contributed by atoms with E-state index in [2.05, 4.69) is 46.1 Å². The summed E-state index contributed by atoms with van der Waals surface area (Å²) < 4.78 is 1.21. The summed E-state index contributed by atoms with van der Waals surface area (Å²) in [7, 11) is 0. The molecular weight excluding hydrogens is 316 g/mol. The zero-order valence-corrected chi connectivity index (χ0v) is 13.1. The number of nitrogens with zero attached hydrogens (tertiary/aromatic N) is 1. The number of thiophene rings is 1. The molecular formula is C12H15BrN2S2. The fraction of sp³-hybridized carbons (Fsp3) is 0.417. The van der Waals surface area contributed by atoms with E-state index in [9.17, 15) is 0 Å². The summed E-state index contributed by atoms with van der Waals surface area (Å²) in [5.41, 5.74) is 0. The molecule has 0 fully saturated rings. The van der Waals surface area contributed by atoms with Crippen LogP contribution in [0.4, 0.5) is 0 Å². The minimum atomic E-state index is 0.860. The molecule has 0 aliphatic heterocycles. The molecule has 2 aromatic rings. The summed E-state index contributed by atoms with van der Waals surface area (Å²) in [4.78, 5) is 8.45. The number of hydrogen-bond acceptors (Lipinski definition) is 4. The van der Waals surface area contributed by atoms with Crippen molar-refractivity contribution in [2.45, 2.75) is 33.4 Å². The molecule has 0 amide bonds. The maximum absolute atomic E-state index is 4.39. The first-order valence-electron chi connectivity index (χ1n) is 5.58. The topological polar surface area (TPSA) is 24.9 Å². The predicted octanol–water partition coefficient (Wildman–Crippen LogP) is 4.13. The van der Waals surface area contributed by atoms with Crippen LogP contribution in [0.2, 0.25) is 0 Å². The Bertz CT molecular complexity index is 471. The van der Waals surface area contributed by atoms with Gasteiger partial charge in [-0.2, -0.15) is 0 Å². The van der Waals surface area contributed by atoms with E-state index in [-0.39, 0.29) is 0 Å². The SMILES string of the molecule is CCc1cnc(CNCc2cc(Br)c(C)s2)s1. The van der Waals surface area contributed by atoms with Crippen LogP contribution in [0.3, 0.4) is 0 Å². The summed E-state index contributed by atoms with van der Waals surface area (Å²) in [6.07, 6.45) is 3.06. The quantitative estimate of drug-likeness (QED) is 0.891. The highest BCUT2D eigenvalue weighted by atomic mass is 79.9. The minimum Gasteiger partial charge on any atom is -0.306 e. The smallest absolute Gasteiger partial charge is 0.107 e. The Kier molecular flexibility index (Phi) is 4.73. The van der Waals surface area contributed by atoms with Gasteiger partial charge in [-0.05, 0) is 35.3 Å². The highest BCUT2D eigenvalue weighted by molar-refractivity contribution is 9.10. The van der Waals surface area contributed by atoms with Gasteiger partial charge in [0.05, 0.1) is 0 Å². The highest BCUT2D eigenvalue weighted by Gasteiger charge is 2.03. The zero-order valence-electron chi connectivity index (χ0n) is 9.92. The summed E-state index contributed by atoms with van der Waals surface area (Å²) >= 11 is 7.17. The Morgan fingerprint density at radius 1 is 1.29 bits per heavy atom. The standard InChI is InChI=1S/C12H15BrN2S2/c1-3-9-6-15-12(17-9)7-14-5-10-4-11(13)8(2)16-10/h4,6,14H,3,5,7H2,1-2H3. The van der Waals surface area contributed by atoms with Crippen molar-refractivity contribution in [2.24, 2.45) is 0 Å². The molecule has 0 bridgehead atoms. The van der Waals surface area contributed by atoms with Crippen LogP contribution in [-0.2, 0) is 19.5 Å². The van der Waals surface area contributed by atoms with Crippen LogP contribution in [0.5, 0.6) is 0 Å². The van der Waals surface area contributed by atoms with Crippen molar-refractivity contribution in [1.29, 1.82) is 0 Å². The fourth-order valence-corrected chi connectivity index (χ4v) is 3.89. The van der Waals surface area contributed by atoms with E-state index < -0.39 is 0 Å². The maximum atomic E-state index is 4.39. The number of halogens is 1. The Hall–Kier alpha value is -0.230. The number of aryl methyl sites for hydroxylation is 2. The second kappa shape index (κ2) is 6.09. The Labute approximate surface area is 118 Å². The van der Waals surface area contributed by atoms with Gasteiger partial charge >= 0.3 is 0 Å². The summed E-state index contributed by atoms with van der Waals surface area (Å²) in [6.45, 7) is 6.07. The monoisotopic (exact) mass is 330 g/mol. The number of nitrogens with one attached hydrogen (secondary N) is 1. The number of thiazole rings is 1. The van der Waals surface area contributed by atoms with Crippen LogP contribution in [0.1, 0.15) is 26.6 Å². The van der Waals surface area contributed by atoms with Gasteiger partial charge in [-0.1, -0.05) is 6.92 Å². The maximum Gasteiger partial charge on any atom is 0.107 e. The third-order valence-corrected chi connectivity index (χ3v) is 5.71. The van der Waals surface area contributed by atoms with E-state index in [4.69, 9.17) is 0 Å². The molecule has 0 saturated heterocycles. The van der Waals surface area contributed by atoms with Crippen LogP contribution >= 0.6 is 38.6 Å². The van der Waals surface area contributed by atoms with Gasteiger partial charge in [-0.15, -0.1) is 22.7 Å². The first kappa shape index (κ1) is 13.2. The lowest BCUT2D eigenvalue weighted by molar-refractivity contribution is 0.697. The van der Waals surface area contributed by atoms with E-state index in [0.717, 1.165) is 19.5 Å². The summed E-state index contributed by atoms with van der Waals surface area (Å²) in [5.74, 6) is 0. The van der Waals surface area contributed by atoms with Crippen LogP contribution in [0, 0.1) is 6.92 Å². The van der Waals surface area contributed by atoms with Crippen molar-refractivity contribution < 1.29 is 0 Å². The van der Waals surface area contributed by atoms with Crippen molar-refractivity contribution in [3.05, 3.63) is 36.4 Å². The highest BCUT2D eigenvalue weighted by Crippen LogP contribution is 2.26. The van der Waals surface area contributed by atoms with E-state index >= 15 is 0 Å². The van der Waals surface area contributed by atoms with E-state index in [1.54, 1.807) is 11.3 Å². The van der Waals surface area contributed by atoms with Gasteiger partial charge in [-0.25, -0.2) is 4.98 Å². The van der Waals surface area contributed by atoms with E-state index in [1.165, 1.54) is 24.1 Å². The van der Waals surface area contributed by atoms with Gasteiger partial charge in [0.15, 0.2) is 0 Å². The first-order chi connectivity index (χ1) is 8.19. The molecule has 0 saturated carbocycles. The molecule has 5 heteroatoms. The Morgan fingerprint density at radius 3 is 2.71 bits per heavy atom. The molecule has 0 aliphatic carbocycles. The summed E-state index contributed by atoms with van der Waals surface area (Å²) in [6, 6.07) is 2.19. The van der Waals surface area contributed by atoms with Crippen LogP contribution in [0.25, 0.3) is 0 Å². The van der Waals surface area contributed by atoms with Gasteiger partial charge in [0.1, 0.15) is 5.01 Å². The number of aromatic nitrogens is 1. The van der Waals surface area contributed by atoms with Crippen molar-refractivity contribution in [1.82, 2.24) is 10.3 Å². The number of hydrogen-bond donors (Lipinski definition) is 1. The number of rotatable bonds is 5. The van der Waals surface area contributed by atoms with Crippen molar-refractivity contribution >= 4 is 38.6 Å². The second-order valence-corrected chi connectivity index (χ2v) is 7.19. The second-order valence-electron chi connectivity index (χ2n) is 3.79. The third kappa shape index (κ3) is 3.61. The van der Waals surface area contributed by atoms with E-state index in [0.29, 0.717) is 0 Å². The Balaban J connectivity index is 1.83. The van der Waals surface area contributed by atoms with Gasteiger partial charge in [0.2, 0.25) is 0 Å². The fourth-order valence-electron chi connectivity index (χ4n) is 1.49. The first-order valence-corrected chi connectivity index (χ1v) is 8.00. The van der Waals surface area contributed by atoms with Crippen molar-refractivity contribution in [3.8, 4) is 0 Å². The molecule has 0 aromatic carbocycles. The lowest BCUT2D eigenvalue weighted by atomic mass is 10.4. The molecule has 17 heavy (non-hydrogen) atoms. The van der Waals surface area contributed by atoms with Gasteiger partial charge in [0, 0.05) is 38.4 Å². The molecule has 0 spiro atoms. The predicted molar refractivity (Wildman–Crippen MR) is 78.8 cm³/mol. The molecule has 2 nitrogen and oxygen atoms in total. The van der Waals surface area contributed by atoms with E-state index in [1.807, 2.05) is 17.5 Å². The lowest BCUT2D eigenvalue weighted by Crippen LogP contribution is -2.11. The minimum absolute atomic E-state index is 0.860. The molecule has 92 valence electrons. The molecule has 0 atom stereocenters. The molecule has 2 rings (SSSR count). The average Bonchev–Trinajstić information content (AvgIpc) is 2.87. The van der Waals surface area contributed by atoms with Crippen LogP contribution in [-0.4, -0.2) is 4.98 Å². The third-order valence-electron chi connectivity index (χ3n) is 2.43. The molecule has 2 aromatic heterocycles. The molecule has 0 unspecified atom stereocenters. The summed E-state index contributed by atoms with van der Waals surface area (Å²) in [5, 5.41) is 4.61. The molecule has 0 aliphatic rings. The van der Waals surface area contributed by atoms with Gasteiger partial charge in [-0.3, -0.25) is 0 Å².